The number of para-hydroxylation sites is 2. The molecule has 3 heteroatoms. The van der Waals surface area contributed by atoms with Gasteiger partial charge in [-0.3, -0.25) is 0 Å². The molecule has 1 N–H and O–H groups in total. The van der Waals surface area contributed by atoms with Gasteiger partial charge in [0.1, 0.15) is 0 Å². The highest BCUT2D eigenvalue weighted by molar-refractivity contribution is 7.71. The molecule has 16 heavy (non-hydrogen) atoms. The highest BCUT2D eigenvalue weighted by Crippen LogP contribution is 2.14. The number of aromatic nitrogens is 2. The minimum absolute atomic E-state index is 0.845. The number of nitrogens with zero attached hydrogens (tertiary/aromatic N) is 1. The van der Waals surface area contributed by atoms with Gasteiger partial charge in [0.05, 0.1) is 11.0 Å². The van der Waals surface area contributed by atoms with E-state index in [2.05, 4.69) is 34.7 Å². The number of rotatable bonds is 5. The summed E-state index contributed by atoms with van der Waals surface area (Å²) in [4.78, 5) is 3.25. The second-order valence-corrected chi connectivity index (χ2v) is 4.55. The first-order valence-corrected chi connectivity index (χ1v) is 6.41. The van der Waals surface area contributed by atoms with Crippen LogP contribution < -0.4 is 0 Å². The summed E-state index contributed by atoms with van der Waals surface area (Å²) in [5.74, 6) is 0. The average molecular weight is 234 g/mol. The van der Waals surface area contributed by atoms with Gasteiger partial charge in [0.25, 0.3) is 0 Å². The molecular weight excluding hydrogens is 216 g/mol. The van der Waals surface area contributed by atoms with Crippen molar-refractivity contribution in [2.75, 3.05) is 0 Å². The van der Waals surface area contributed by atoms with Gasteiger partial charge in [-0.05, 0) is 30.8 Å². The third kappa shape index (κ3) is 2.35. The summed E-state index contributed by atoms with van der Waals surface area (Å²) in [6, 6.07) is 8.30. The van der Waals surface area contributed by atoms with E-state index in [0.29, 0.717) is 0 Å². The number of benzene rings is 1. The minimum Gasteiger partial charge on any atom is -0.331 e. The Morgan fingerprint density at radius 2 is 2.00 bits per heavy atom. The third-order valence-corrected chi connectivity index (χ3v) is 3.24. The molecule has 0 saturated heterocycles. The first kappa shape index (κ1) is 11.4. The lowest BCUT2D eigenvalue weighted by Crippen LogP contribution is -1.97. The lowest BCUT2D eigenvalue weighted by Gasteiger charge is -2.03. The molecule has 1 aromatic heterocycles. The maximum absolute atomic E-state index is 5.34. The van der Waals surface area contributed by atoms with Crippen molar-refractivity contribution >= 4 is 23.3 Å². The predicted octanol–water partition coefficient (Wildman–Crippen LogP) is 4.28. The fraction of sp³-hybridized carbons (Fsp3) is 0.462. The molecule has 0 spiro atoms. The Morgan fingerprint density at radius 3 is 2.81 bits per heavy atom. The summed E-state index contributed by atoms with van der Waals surface area (Å²) < 4.78 is 3.05. The van der Waals surface area contributed by atoms with Crippen LogP contribution >= 0.6 is 12.2 Å². The van der Waals surface area contributed by atoms with Gasteiger partial charge in [0.15, 0.2) is 4.77 Å². The number of unbranched alkanes of at least 4 members (excludes halogenated alkanes) is 3. The second kappa shape index (κ2) is 5.30. The van der Waals surface area contributed by atoms with Crippen LogP contribution in [-0.2, 0) is 6.54 Å². The van der Waals surface area contributed by atoms with Crippen molar-refractivity contribution in [3.05, 3.63) is 29.0 Å². The molecule has 2 aromatic rings. The van der Waals surface area contributed by atoms with Crippen molar-refractivity contribution in [2.45, 2.75) is 39.2 Å². The van der Waals surface area contributed by atoms with Crippen molar-refractivity contribution in [1.82, 2.24) is 9.55 Å². The van der Waals surface area contributed by atoms with E-state index in [9.17, 15) is 0 Å². The van der Waals surface area contributed by atoms with Crippen LogP contribution in [0.1, 0.15) is 32.6 Å². The van der Waals surface area contributed by atoms with Gasteiger partial charge < -0.3 is 9.55 Å². The lowest BCUT2D eigenvalue weighted by molar-refractivity contribution is 0.587. The lowest BCUT2D eigenvalue weighted by atomic mass is 10.2. The van der Waals surface area contributed by atoms with Crippen LogP contribution in [0.15, 0.2) is 24.3 Å². The van der Waals surface area contributed by atoms with Gasteiger partial charge in [-0.2, -0.15) is 0 Å². The van der Waals surface area contributed by atoms with Gasteiger partial charge in [-0.1, -0.05) is 38.3 Å². The number of aryl methyl sites for hydroxylation is 1. The first-order valence-electron chi connectivity index (χ1n) is 6.00. The SMILES string of the molecule is CCCCCCn1c(=S)[nH]c2ccccc21. The summed E-state index contributed by atoms with van der Waals surface area (Å²) in [6.45, 7) is 3.26. The molecule has 0 unspecified atom stereocenters. The number of imidazole rings is 1. The molecule has 0 fully saturated rings. The van der Waals surface area contributed by atoms with Crippen LogP contribution in [0.5, 0.6) is 0 Å². The number of fused-ring (bicyclic) bond motifs is 1. The molecule has 2 nitrogen and oxygen atoms in total. The molecule has 86 valence electrons. The molecule has 0 saturated carbocycles. The molecule has 1 heterocycles. The first-order chi connectivity index (χ1) is 7.83. The van der Waals surface area contributed by atoms with E-state index >= 15 is 0 Å². The fourth-order valence-electron chi connectivity index (χ4n) is 2.03. The zero-order chi connectivity index (χ0) is 11.4. The number of nitrogens with one attached hydrogen (secondary N) is 1. The highest BCUT2D eigenvalue weighted by atomic mass is 32.1. The Kier molecular flexibility index (Phi) is 3.78. The summed E-state index contributed by atoms with van der Waals surface area (Å²) in [6.07, 6.45) is 5.09. The summed E-state index contributed by atoms with van der Waals surface area (Å²) in [5.41, 5.74) is 2.37. The van der Waals surface area contributed by atoms with E-state index in [1.165, 1.54) is 31.2 Å². The molecule has 0 aliphatic rings. The maximum atomic E-state index is 5.34. The Bertz CT molecular complexity index is 510. The molecule has 0 radical (unpaired) electrons. The van der Waals surface area contributed by atoms with Gasteiger partial charge in [-0.25, -0.2) is 0 Å². The molecule has 2 rings (SSSR count). The Hall–Kier alpha value is -1.09. The van der Waals surface area contributed by atoms with Gasteiger partial charge in [0.2, 0.25) is 0 Å². The van der Waals surface area contributed by atoms with Crippen molar-refractivity contribution in [1.29, 1.82) is 0 Å². The topological polar surface area (TPSA) is 20.7 Å². The standard InChI is InChI=1S/C13H18N2S/c1-2-3-4-7-10-15-12-9-6-5-8-11(12)14-13(15)16/h5-6,8-9H,2-4,7,10H2,1H3,(H,14,16). The van der Waals surface area contributed by atoms with Crippen molar-refractivity contribution in [3.8, 4) is 0 Å². The predicted molar refractivity (Wildman–Crippen MR) is 71.3 cm³/mol. The van der Waals surface area contributed by atoms with E-state index in [4.69, 9.17) is 12.2 Å². The zero-order valence-corrected chi connectivity index (χ0v) is 10.5. The molecular formula is C13H18N2S. The smallest absolute Gasteiger partial charge is 0.178 e. The number of hydrogen-bond acceptors (Lipinski definition) is 1. The Labute approximate surface area is 101 Å². The van der Waals surface area contributed by atoms with Crippen molar-refractivity contribution in [2.24, 2.45) is 0 Å². The maximum Gasteiger partial charge on any atom is 0.178 e. The molecule has 0 atom stereocenters. The van der Waals surface area contributed by atoms with Crippen LogP contribution in [-0.4, -0.2) is 9.55 Å². The van der Waals surface area contributed by atoms with E-state index in [1.807, 2.05) is 6.07 Å². The van der Waals surface area contributed by atoms with E-state index in [1.54, 1.807) is 0 Å². The van der Waals surface area contributed by atoms with Crippen LogP contribution in [0.25, 0.3) is 11.0 Å². The Morgan fingerprint density at radius 1 is 1.19 bits per heavy atom. The van der Waals surface area contributed by atoms with Crippen LogP contribution in [0.3, 0.4) is 0 Å². The summed E-state index contributed by atoms with van der Waals surface area (Å²) in [5, 5.41) is 0. The molecule has 0 aliphatic carbocycles. The molecule has 0 aliphatic heterocycles. The average Bonchev–Trinajstić information content (AvgIpc) is 2.61. The monoisotopic (exact) mass is 234 g/mol. The minimum atomic E-state index is 0.845. The van der Waals surface area contributed by atoms with E-state index < -0.39 is 0 Å². The van der Waals surface area contributed by atoms with Crippen LogP contribution in [0.4, 0.5) is 0 Å². The zero-order valence-electron chi connectivity index (χ0n) is 9.70. The normalized spacial score (nSPS) is 11.1. The van der Waals surface area contributed by atoms with Gasteiger partial charge >= 0.3 is 0 Å². The largest absolute Gasteiger partial charge is 0.331 e. The van der Waals surface area contributed by atoms with Crippen LogP contribution in [0, 0.1) is 4.77 Å². The Balaban J connectivity index is 2.16. The second-order valence-electron chi connectivity index (χ2n) is 4.16. The van der Waals surface area contributed by atoms with Crippen molar-refractivity contribution in [3.63, 3.8) is 0 Å². The third-order valence-electron chi connectivity index (χ3n) is 2.92. The van der Waals surface area contributed by atoms with Crippen molar-refractivity contribution < 1.29 is 0 Å². The van der Waals surface area contributed by atoms with Gasteiger partial charge in [0, 0.05) is 6.54 Å². The quantitative estimate of drug-likeness (QED) is 0.605. The number of aromatic amines is 1. The van der Waals surface area contributed by atoms with E-state index in [-0.39, 0.29) is 0 Å². The van der Waals surface area contributed by atoms with Gasteiger partial charge in [-0.15, -0.1) is 0 Å². The summed E-state index contributed by atoms with van der Waals surface area (Å²) in [7, 11) is 0. The molecule has 0 amide bonds. The number of H-pyrrole nitrogens is 1. The fourth-order valence-corrected chi connectivity index (χ4v) is 2.33. The van der Waals surface area contributed by atoms with E-state index in [0.717, 1.165) is 16.8 Å². The number of hydrogen-bond donors (Lipinski definition) is 1. The molecule has 1 aromatic carbocycles. The highest BCUT2D eigenvalue weighted by Gasteiger charge is 2.02. The summed E-state index contributed by atoms with van der Waals surface area (Å²) >= 11 is 5.34. The molecule has 0 bridgehead atoms. The van der Waals surface area contributed by atoms with Crippen LogP contribution in [0.2, 0.25) is 0 Å².